The van der Waals surface area contributed by atoms with E-state index in [1.54, 1.807) is 0 Å². The van der Waals surface area contributed by atoms with E-state index in [1.165, 1.54) is 11.8 Å². The molecule has 0 spiro atoms. The predicted molar refractivity (Wildman–Crippen MR) is 81.2 cm³/mol. The summed E-state index contributed by atoms with van der Waals surface area (Å²) >= 11 is 1.52. The average molecular weight is 323 g/mol. The molecule has 8 heteroatoms. The normalized spacial score (nSPS) is 14.9. The lowest BCUT2D eigenvalue weighted by Crippen LogP contribution is -2.02. The maximum Gasteiger partial charge on any atom is 0.237 e. The molecular formula is C14H21N5O2S. The maximum absolute atomic E-state index is 9.33. The number of thioether (sulfide) groups is 1. The number of aliphatic hydroxyl groups is 1. The lowest BCUT2D eigenvalue weighted by Gasteiger charge is -2.05. The lowest BCUT2D eigenvalue weighted by atomic mass is 10.1. The van der Waals surface area contributed by atoms with Crippen molar-refractivity contribution in [1.82, 2.24) is 24.9 Å². The molecule has 2 aromatic heterocycles. The van der Waals surface area contributed by atoms with E-state index < -0.39 is 0 Å². The summed E-state index contributed by atoms with van der Waals surface area (Å²) in [5.74, 6) is 3.22. The van der Waals surface area contributed by atoms with Gasteiger partial charge >= 0.3 is 0 Å². The Balaban J connectivity index is 1.60. The fourth-order valence-electron chi connectivity index (χ4n) is 2.21. The van der Waals surface area contributed by atoms with Crippen molar-refractivity contribution in [3.63, 3.8) is 0 Å². The summed E-state index contributed by atoms with van der Waals surface area (Å²) in [6.45, 7) is 4.28. The van der Waals surface area contributed by atoms with Crippen molar-refractivity contribution >= 4 is 11.8 Å². The van der Waals surface area contributed by atoms with E-state index in [4.69, 9.17) is 4.52 Å². The lowest BCUT2D eigenvalue weighted by molar-refractivity contribution is 0.263. The van der Waals surface area contributed by atoms with Crippen LogP contribution in [0, 0.1) is 5.92 Å². The highest BCUT2D eigenvalue weighted by atomic mass is 32.2. The van der Waals surface area contributed by atoms with Gasteiger partial charge in [-0.05, 0) is 25.2 Å². The molecule has 0 atom stereocenters. The molecule has 0 saturated heterocycles. The summed E-state index contributed by atoms with van der Waals surface area (Å²) < 4.78 is 7.31. The van der Waals surface area contributed by atoms with Gasteiger partial charge < -0.3 is 14.2 Å². The Morgan fingerprint density at radius 3 is 2.86 bits per heavy atom. The molecule has 0 unspecified atom stereocenters. The summed E-state index contributed by atoms with van der Waals surface area (Å²) in [5.41, 5.74) is 0. The molecule has 2 heterocycles. The van der Waals surface area contributed by atoms with Crippen molar-refractivity contribution in [3.8, 4) is 0 Å². The van der Waals surface area contributed by atoms with E-state index in [1.807, 2.05) is 4.57 Å². The summed E-state index contributed by atoms with van der Waals surface area (Å²) in [5, 5.41) is 22.3. The van der Waals surface area contributed by atoms with Gasteiger partial charge in [-0.1, -0.05) is 30.8 Å². The van der Waals surface area contributed by atoms with E-state index in [-0.39, 0.29) is 6.61 Å². The molecule has 1 fully saturated rings. The number of rotatable bonds is 8. The van der Waals surface area contributed by atoms with Crippen LogP contribution >= 0.6 is 11.8 Å². The molecule has 0 radical (unpaired) electrons. The quantitative estimate of drug-likeness (QED) is 0.746. The fraction of sp³-hybridized carbons (Fsp3) is 0.714. The van der Waals surface area contributed by atoms with Gasteiger partial charge in [-0.25, -0.2) is 0 Å². The van der Waals surface area contributed by atoms with E-state index >= 15 is 0 Å². The molecule has 3 rings (SSSR count). The number of hydrogen-bond donors (Lipinski definition) is 1. The zero-order chi connectivity index (χ0) is 15.5. The van der Waals surface area contributed by atoms with Crippen molar-refractivity contribution in [2.45, 2.75) is 63.1 Å². The minimum absolute atomic E-state index is 0.0794. The summed E-state index contributed by atoms with van der Waals surface area (Å²) in [6.07, 6.45) is 4.15. The first-order chi connectivity index (χ1) is 10.7. The molecule has 1 saturated carbocycles. The molecule has 22 heavy (non-hydrogen) atoms. The molecule has 0 bridgehead atoms. The summed E-state index contributed by atoms with van der Waals surface area (Å²) in [7, 11) is 0. The largest absolute Gasteiger partial charge is 0.388 e. The molecule has 0 aromatic carbocycles. The van der Waals surface area contributed by atoms with Gasteiger partial charge in [-0.2, -0.15) is 4.98 Å². The topological polar surface area (TPSA) is 89.9 Å². The van der Waals surface area contributed by atoms with Crippen LogP contribution in [0.5, 0.6) is 0 Å². The van der Waals surface area contributed by atoms with Crippen molar-refractivity contribution in [2.75, 3.05) is 0 Å². The van der Waals surface area contributed by atoms with Crippen LogP contribution in [0.15, 0.2) is 9.68 Å². The Labute approximate surface area is 133 Å². The Kier molecular flexibility index (Phi) is 4.77. The molecule has 7 nitrogen and oxygen atoms in total. The SMILES string of the molecule is CC(C)CCc1noc(CSc2nnc(CO)n2C2CC2)n1. The number of aryl methyl sites for hydroxylation is 1. The van der Waals surface area contributed by atoms with E-state index in [9.17, 15) is 5.11 Å². The first-order valence-electron chi connectivity index (χ1n) is 7.66. The van der Waals surface area contributed by atoms with Crippen LogP contribution < -0.4 is 0 Å². The Hall–Kier alpha value is -1.41. The van der Waals surface area contributed by atoms with Gasteiger partial charge in [0.05, 0.1) is 5.75 Å². The van der Waals surface area contributed by atoms with Crippen LogP contribution in [0.3, 0.4) is 0 Å². The Bertz CT molecular complexity index is 621. The van der Waals surface area contributed by atoms with Gasteiger partial charge in [0.1, 0.15) is 6.61 Å². The van der Waals surface area contributed by atoms with Crippen LogP contribution in [-0.2, 0) is 18.8 Å². The summed E-state index contributed by atoms with van der Waals surface area (Å²) in [4.78, 5) is 4.41. The van der Waals surface area contributed by atoms with Gasteiger partial charge in [-0.3, -0.25) is 0 Å². The third kappa shape index (κ3) is 3.67. The zero-order valence-corrected chi connectivity index (χ0v) is 13.7. The number of aliphatic hydroxyl groups excluding tert-OH is 1. The molecule has 0 aliphatic heterocycles. The second kappa shape index (κ2) is 6.78. The van der Waals surface area contributed by atoms with Crippen LogP contribution in [0.4, 0.5) is 0 Å². The van der Waals surface area contributed by atoms with Crippen molar-refractivity contribution in [1.29, 1.82) is 0 Å². The van der Waals surface area contributed by atoms with Crippen LogP contribution in [-0.4, -0.2) is 30.0 Å². The highest BCUT2D eigenvalue weighted by Gasteiger charge is 2.29. The molecule has 0 amide bonds. The second-order valence-corrected chi connectivity index (χ2v) is 6.93. The summed E-state index contributed by atoms with van der Waals surface area (Å²) in [6, 6.07) is 0.434. The van der Waals surface area contributed by atoms with E-state index in [0.29, 0.717) is 29.4 Å². The first kappa shape index (κ1) is 15.5. The third-order valence-electron chi connectivity index (χ3n) is 3.57. The Morgan fingerprint density at radius 1 is 1.36 bits per heavy atom. The maximum atomic E-state index is 9.33. The number of hydrogen-bond acceptors (Lipinski definition) is 7. The van der Waals surface area contributed by atoms with Gasteiger partial charge in [-0.15, -0.1) is 10.2 Å². The van der Waals surface area contributed by atoms with Gasteiger partial charge in [0.2, 0.25) is 5.89 Å². The fourth-order valence-corrected chi connectivity index (χ4v) is 3.07. The van der Waals surface area contributed by atoms with Crippen molar-refractivity contribution < 1.29 is 9.63 Å². The van der Waals surface area contributed by atoms with Crippen molar-refractivity contribution in [3.05, 3.63) is 17.5 Å². The molecule has 2 aromatic rings. The zero-order valence-electron chi connectivity index (χ0n) is 12.9. The minimum atomic E-state index is -0.0794. The van der Waals surface area contributed by atoms with Gasteiger partial charge in [0.25, 0.3) is 0 Å². The molecule has 1 aliphatic rings. The number of aromatic nitrogens is 5. The highest BCUT2D eigenvalue weighted by molar-refractivity contribution is 7.98. The highest BCUT2D eigenvalue weighted by Crippen LogP contribution is 2.39. The van der Waals surface area contributed by atoms with Crippen LogP contribution in [0.2, 0.25) is 0 Å². The predicted octanol–water partition coefficient (Wildman–Crippen LogP) is 2.37. The first-order valence-corrected chi connectivity index (χ1v) is 8.64. The second-order valence-electron chi connectivity index (χ2n) is 5.98. The molecule has 120 valence electrons. The van der Waals surface area contributed by atoms with Crippen molar-refractivity contribution in [2.24, 2.45) is 5.92 Å². The average Bonchev–Trinajstić information content (AvgIpc) is 3.10. The third-order valence-corrected chi connectivity index (χ3v) is 4.50. The molecular weight excluding hydrogens is 302 g/mol. The Morgan fingerprint density at radius 2 is 2.18 bits per heavy atom. The van der Waals surface area contributed by atoms with Gasteiger partial charge in [0.15, 0.2) is 16.8 Å². The van der Waals surface area contributed by atoms with E-state index in [0.717, 1.165) is 36.7 Å². The number of nitrogens with zero attached hydrogens (tertiary/aromatic N) is 5. The minimum Gasteiger partial charge on any atom is -0.388 e. The standard InChI is InChI=1S/C14H21N5O2S/c1-9(2)3-6-11-15-13(21-18-11)8-22-14-17-16-12(7-20)19(14)10-4-5-10/h9-10,20H,3-8H2,1-2H3. The van der Waals surface area contributed by atoms with E-state index in [2.05, 4.69) is 34.2 Å². The smallest absolute Gasteiger partial charge is 0.237 e. The molecule has 1 N–H and O–H groups in total. The van der Waals surface area contributed by atoms with Gasteiger partial charge in [0, 0.05) is 12.5 Å². The van der Waals surface area contributed by atoms with Crippen LogP contribution in [0.1, 0.15) is 56.7 Å². The monoisotopic (exact) mass is 323 g/mol. The molecule has 1 aliphatic carbocycles. The van der Waals surface area contributed by atoms with Crippen LogP contribution in [0.25, 0.3) is 0 Å².